The average molecular weight is 272 g/mol. The monoisotopic (exact) mass is 272 g/mol. The Morgan fingerprint density at radius 1 is 1.35 bits per heavy atom. The Hall–Kier alpha value is -2.30. The van der Waals surface area contributed by atoms with Gasteiger partial charge in [-0.3, -0.25) is 9.89 Å². The molecule has 0 aliphatic carbocycles. The normalized spacial score (nSPS) is 10.8. The van der Waals surface area contributed by atoms with Crippen LogP contribution in [-0.2, 0) is 0 Å². The van der Waals surface area contributed by atoms with Gasteiger partial charge in [-0.15, -0.1) is 0 Å². The van der Waals surface area contributed by atoms with Crippen molar-refractivity contribution in [3.63, 3.8) is 0 Å². The maximum atomic E-state index is 12.2. The third-order valence-corrected chi connectivity index (χ3v) is 3.26. The molecule has 0 fully saturated rings. The molecule has 2 rings (SSSR count). The zero-order chi connectivity index (χ0) is 14.9. The number of aromatic nitrogens is 2. The molecule has 106 valence electrons. The first-order valence-electron chi connectivity index (χ1n) is 6.62. The lowest BCUT2D eigenvalue weighted by molar-refractivity contribution is 0.102. The van der Waals surface area contributed by atoms with Crippen molar-refractivity contribution in [3.05, 3.63) is 40.7 Å². The van der Waals surface area contributed by atoms with Gasteiger partial charge in [0, 0.05) is 5.69 Å². The van der Waals surface area contributed by atoms with Crippen LogP contribution in [0.5, 0.6) is 0 Å². The summed E-state index contributed by atoms with van der Waals surface area (Å²) in [6.45, 7) is 7.96. The number of aryl methyl sites for hydroxylation is 2. The minimum atomic E-state index is -0.294. The first-order chi connectivity index (χ1) is 9.40. The summed E-state index contributed by atoms with van der Waals surface area (Å²) >= 11 is 0. The summed E-state index contributed by atoms with van der Waals surface area (Å²) < 4.78 is 0. The molecule has 0 atom stereocenters. The molecule has 1 aromatic carbocycles. The fourth-order valence-corrected chi connectivity index (χ4v) is 2.11. The van der Waals surface area contributed by atoms with Crippen LogP contribution in [0.4, 0.5) is 11.4 Å². The molecule has 0 saturated heterocycles. The fourth-order valence-electron chi connectivity index (χ4n) is 2.11. The molecule has 4 N–H and O–H groups in total. The van der Waals surface area contributed by atoms with E-state index in [0.717, 1.165) is 22.5 Å². The van der Waals surface area contributed by atoms with Crippen molar-refractivity contribution in [2.45, 2.75) is 33.6 Å². The average Bonchev–Trinajstić information content (AvgIpc) is 2.74. The number of nitrogen functional groups attached to an aromatic ring is 1. The number of amides is 1. The zero-order valence-electron chi connectivity index (χ0n) is 12.2. The number of hydrogen-bond donors (Lipinski definition) is 3. The predicted molar refractivity (Wildman–Crippen MR) is 81.0 cm³/mol. The van der Waals surface area contributed by atoms with E-state index in [1.807, 2.05) is 45.9 Å². The predicted octanol–water partition coefficient (Wildman–Crippen LogP) is 2.98. The van der Waals surface area contributed by atoms with Gasteiger partial charge in [-0.2, -0.15) is 5.10 Å². The summed E-state index contributed by atoms with van der Waals surface area (Å²) in [6, 6.07) is 5.86. The van der Waals surface area contributed by atoms with Crippen LogP contribution in [0.25, 0.3) is 0 Å². The number of nitrogens with zero attached hydrogens (tertiary/aromatic N) is 1. The van der Waals surface area contributed by atoms with Gasteiger partial charge in [0.2, 0.25) is 0 Å². The number of H-pyrrole nitrogens is 1. The molecule has 0 radical (unpaired) electrons. The van der Waals surface area contributed by atoms with Crippen molar-refractivity contribution in [2.75, 3.05) is 11.1 Å². The van der Waals surface area contributed by atoms with Gasteiger partial charge in [-0.25, -0.2) is 0 Å². The Morgan fingerprint density at radius 3 is 2.60 bits per heavy atom. The van der Waals surface area contributed by atoms with Gasteiger partial charge in [0.05, 0.1) is 11.4 Å². The molecular weight excluding hydrogens is 252 g/mol. The molecule has 1 aromatic heterocycles. The van der Waals surface area contributed by atoms with Gasteiger partial charge in [0.1, 0.15) is 0 Å². The van der Waals surface area contributed by atoms with E-state index in [1.54, 1.807) is 0 Å². The van der Waals surface area contributed by atoms with E-state index in [4.69, 9.17) is 5.73 Å². The molecule has 0 aliphatic rings. The summed E-state index contributed by atoms with van der Waals surface area (Å²) in [5, 5.41) is 9.69. The fraction of sp³-hybridized carbons (Fsp3) is 0.333. The number of anilines is 2. The van der Waals surface area contributed by atoms with Crippen LogP contribution in [0.15, 0.2) is 18.2 Å². The third kappa shape index (κ3) is 2.66. The second-order valence-corrected chi connectivity index (χ2v) is 5.33. The maximum absolute atomic E-state index is 12.2. The molecule has 5 nitrogen and oxygen atoms in total. The van der Waals surface area contributed by atoms with E-state index in [1.165, 1.54) is 0 Å². The lowest BCUT2D eigenvalue weighted by Gasteiger charge is -2.08. The highest BCUT2D eigenvalue weighted by Crippen LogP contribution is 2.23. The number of aromatic amines is 1. The highest BCUT2D eigenvalue weighted by molar-refractivity contribution is 6.06. The smallest absolute Gasteiger partial charge is 0.278 e. The molecule has 2 aromatic rings. The van der Waals surface area contributed by atoms with Crippen molar-refractivity contribution < 1.29 is 4.79 Å². The van der Waals surface area contributed by atoms with Gasteiger partial charge in [0.15, 0.2) is 5.69 Å². The van der Waals surface area contributed by atoms with E-state index >= 15 is 0 Å². The van der Waals surface area contributed by atoms with E-state index < -0.39 is 0 Å². The van der Waals surface area contributed by atoms with Crippen molar-refractivity contribution in [2.24, 2.45) is 0 Å². The number of rotatable bonds is 3. The Balaban J connectivity index is 2.24. The van der Waals surface area contributed by atoms with Crippen LogP contribution in [0, 0.1) is 13.8 Å². The van der Waals surface area contributed by atoms with Crippen LogP contribution in [-0.4, -0.2) is 16.1 Å². The van der Waals surface area contributed by atoms with E-state index in [9.17, 15) is 4.79 Å². The van der Waals surface area contributed by atoms with Gasteiger partial charge in [-0.05, 0) is 31.4 Å². The van der Waals surface area contributed by atoms with Crippen LogP contribution >= 0.6 is 0 Å². The van der Waals surface area contributed by atoms with Gasteiger partial charge in [-0.1, -0.05) is 31.5 Å². The first-order valence-corrected chi connectivity index (χ1v) is 6.62. The number of carbonyl (C=O) groups is 1. The summed E-state index contributed by atoms with van der Waals surface area (Å²) in [5.74, 6) is -0.0947. The standard InChI is InChI=1S/C15H20N4O/c1-8(2)13-12(16)14(19-18-13)15(20)17-11-6-5-9(3)7-10(11)4/h5-8H,16H2,1-4H3,(H,17,20)(H,18,19). The molecule has 0 bridgehead atoms. The lowest BCUT2D eigenvalue weighted by Crippen LogP contribution is -2.15. The SMILES string of the molecule is Cc1ccc(NC(=O)c2n[nH]c(C(C)C)c2N)c(C)c1. The third-order valence-electron chi connectivity index (χ3n) is 3.26. The molecule has 0 aliphatic heterocycles. The Morgan fingerprint density at radius 2 is 2.05 bits per heavy atom. The Bertz CT molecular complexity index is 643. The number of hydrogen-bond acceptors (Lipinski definition) is 3. The number of benzene rings is 1. The van der Waals surface area contributed by atoms with Crippen molar-refractivity contribution in [3.8, 4) is 0 Å². The van der Waals surface area contributed by atoms with E-state index in [2.05, 4.69) is 15.5 Å². The molecule has 1 heterocycles. The summed E-state index contributed by atoms with van der Waals surface area (Å²) in [6.07, 6.45) is 0. The molecule has 0 saturated carbocycles. The minimum absolute atomic E-state index is 0.199. The Kier molecular flexibility index (Phi) is 3.79. The van der Waals surface area contributed by atoms with E-state index in [0.29, 0.717) is 5.69 Å². The second-order valence-electron chi connectivity index (χ2n) is 5.33. The molecule has 1 amide bonds. The molecule has 5 heteroatoms. The number of nitrogens with one attached hydrogen (secondary N) is 2. The maximum Gasteiger partial charge on any atom is 0.278 e. The summed E-state index contributed by atoms with van der Waals surface area (Å²) in [7, 11) is 0. The van der Waals surface area contributed by atoms with Crippen molar-refractivity contribution in [1.29, 1.82) is 0 Å². The second kappa shape index (κ2) is 5.36. The van der Waals surface area contributed by atoms with Crippen molar-refractivity contribution >= 4 is 17.3 Å². The van der Waals surface area contributed by atoms with Crippen molar-refractivity contribution in [1.82, 2.24) is 10.2 Å². The molecule has 0 spiro atoms. The lowest BCUT2D eigenvalue weighted by atomic mass is 10.1. The van der Waals surface area contributed by atoms with Crippen LogP contribution in [0.1, 0.15) is 47.1 Å². The highest BCUT2D eigenvalue weighted by atomic mass is 16.2. The topological polar surface area (TPSA) is 83.8 Å². The van der Waals surface area contributed by atoms with Crippen LogP contribution in [0.2, 0.25) is 0 Å². The van der Waals surface area contributed by atoms with Crippen LogP contribution in [0.3, 0.4) is 0 Å². The quantitative estimate of drug-likeness (QED) is 0.803. The largest absolute Gasteiger partial charge is 0.395 e. The molecule has 20 heavy (non-hydrogen) atoms. The number of nitrogens with two attached hydrogens (primary N) is 1. The summed E-state index contributed by atoms with van der Waals surface area (Å²) in [4.78, 5) is 12.2. The first kappa shape index (κ1) is 14.1. The Labute approximate surface area is 118 Å². The number of carbonyl (C=O) groups excluding carboxylic acids is 1. The van der Waals surface area contributed by atoms with Gasteiger partial charge < -0.3 is 11.1 Å². The molecular formula is C15H20N4O. The molecule has 0 unspecified atom stereocenters. The van der Waals surface area contributed by atoms with Gasteiger partial charge >= 0.3 is 0 Å². The minimum Gasteiger partial charge on any atom is -0.395 e. The zero-order valence-corrected chi connectivity index (χ0v) is 12.2. The summed E-state index contributed by atoms with van der Waals surface area (Å²) in [5.41, 5.74) is 10.4. The highest BCUT2D eigenvalue weighted by Gasteiger charge is 2.19. The van der Waals surface area contributed by atoms with E-state index in [-0.39, 0.29) is 17.5 Å². The van der Waals surface area contributed by atoms with Gasteiger partial charge in [0.25, 0.3) is 5.91 Å². The van der Waals surface area contributed by atoms with Crippen LogP contribution < -0.4 is 11.1 Å².